The fourth-order valence-electron chi connectivity index (χ4n) is 1.20. The number of primary amides is 1. The number of aliphatic carboxylic acids is 1. The molecule has 0 heterocycles. The lowest BCUT2D eigenvalue weighted by Gasteiger charge is -2.07. The predicted molar refractivity (Wildman–Crippen MR) is 57.8 cm³/mol. The molecule has 6 N–H and O–H groups in total. The Morgan fingerprint density at radius 2 is 2.12 bits per heavy atom. The third kappa shape index (κ3) is 3.26. The number of anilines is 1. The molecule has 1 aromatic carbocycles. The number of halogens is 1. The van der Waals surface area contributed by atoms with Crippen molar-refractivity contribution in [1.82, 2.24) is 0 Å². The highest BCUT2D eigenvalue weighted by Crippen LogP contribution is 2.16. The summed E-state index contributed by atoms with van der Waals surface area (Å²) in [5, 5.41) is 16.4. The number of carbonyl (C=O) groups is 2. The zero-order valence-electron chi connectivity index (χ0n) is 8.74. The molecule has 0 fully saturated rings. The minimum Gasteiger partial charge on any atom is -0.480 e. The van der Waals surface area contributed by atoms with Crippen molar-refractivity contribution in [3.8, 4) is 0 Å². The molecule has 0 spiro atoms. The molecule has 6 nitrogen and oxygen atoms in total. The number of nitrogens with two attached hydrogens (primary N) is 2. The maximum Gasteiger partial charge on any atom is 0.322 e. The SMILES string of the molecule is NC(=O)C(=[NH2+])c1cc(F)ccc1NCC(=O)O. The summed E-state index contributed by atoms with van der Waals surface area (Å²) in [6.45, 7) is -0.384. The topological polar surface area (TPSA) is 118 Å². The van der Waals surface area contributed by atoms with E-state index < -0.39 is 17.7 Å². The van der Waals surface area contributed by atoms with Crippen molar-refractivity contribution in [2.24, 2.45) is 5.73 Å². The van der Waals surface area contributed by atoms with Gasteiger partial charge in [-0.05, 0) is 18.2 Å². The number of carbonyl (C=O) groups excluding carboxylic acids is 1. The molecule has 1 amide bonds. The van der Waals surface area contributed by atoms with Crippen LogP contribution in [-0.4, -0.2) is 29.2 Å². The molecule has 0 saturated carbocycles. The number of nitrogens with one attached hydrogen (secondary N) is 1. The molecule has 0 aliphatic rings. The lowest BCUT2D eigenvalue weighted by Crippen LogP contribution is -2.48. The lowest BCUT2D eigenvalue weighted by molar-refractivity contribution is -0.135. The maximum absolute atomic E-state index is 13.0. The first kappa shape index (κ1) is 12.6. The number of amides is 1. The zero-order chi connectivity index (χ0) is 13.0. The third-order valence-electron chi connectivity index (χ3n) is 1.97. The van der Waals surface area contributed by atoms with Crippen LogP contribution in [0.4, 0.5) is 10.1 Å². The fraction of sp³-hybridized carbons (Fsp3) is 0.100. The monoisotopic (exact) mass is 240 g/mol. The van der Waals surface area contributed by atoms with E-state index in [1.54, 1.807) is 0 Å². The van der Waals surface area contributed by atoms with E-state index >= 15 is 0 Å². The summed E-state index contributed by atoms with van der Waals surface area (Å²) in [7, 11) is 0. The summed E-state index contributed by atoms with van der Waals surface area (Å²) in [6.07, 6.45) is 0. The normalized spacial score (nSPS) is 9.71. The highest BCUT2D eigenvalue weighted by Gasteiger charge is 2.19. The Hall–Kier alpha value is -2.44. The van der Waals surface area contributed by atoms with Gasteiger partial charge in [-0.1, -0.05) is 0 Å². The first-order valence-corrected chi connectivity index (χ1v) is 4.59. The Balaban J connectivity index is 3.07. The van der Waals surface area contributed by atoms with Gasteiger partial charge in [0.15, 0.2) is 0 Å². The molecule has 90 valence electrons. The van der Waals surface area contributed by atoms with Crippen LogP contribution in [0.3, 0.4) is 0 Å². The van der Waals surface area contributed by atoms with Crippen LogP contribution in [0.25, 0.3) is 0 Å². The number of rotatable bonds is 5. The molecular weight excluding hydrogens is 229 g/mol. The molecule has 0 aliphatic carbocycles. The average Bonchev–Trinajstić information content (AvgIpc) is 2.26. The van der Waals surface area contributed by atoms with Gasteiger partial charge >= 0.3 is 11.9 Å². The first-order valence-electron chi connectivity index (χ1n) is 4.59. The van der Waals surface area contributed by atoms with Crippen molar-refractivity contribution in [2.75, 3.05) is 11.9 Å². The summed E-state index contributed by atoms with van der Waals surface area (Å²) in [6, 6.07) is 3.40. The van der Waals surface area contributed by atoms with Gasteiger partial charge in [-0.15, -0.1) is 0 Å². The van der Waals surface area contributed by atoms with E-state index in [1.165, 1.54) is 6.07 Å². The van der Waals surface area contributed by atoms with Gasteiger partial charge < -0.3 is 16.2 Å². The zero-order valence-corrected chi connectivity index (χ0v) is 8.74. The summed E-state index contributed by atoms with van der Waals surface area (Å²) in [5.74, 6) is -2.61. The van der Waals surface area contributed by atoms with Crippen LogP contribution in [0.15, 0.2) is 18.2 Å². The minimum atomic E-state index is -1.10. The summed E-state index contributed by atoms with van der Waals surface area (Å²) >= 11 is 0. The molecule has 7 heteroatoms. The number of hydrogen-bond acceptors (Lipinski definition) is 3. The second-order valence-corrected chi connectivity index (χ2v) is 3.22. The highest BCUT2D eigenvalue weighted by molar-refractivity contribution is 6.43. The number of hydrogen-bond donors (Lipinski definition) is 4. The van der Waals surface area contributed by atoms with Crippen molar-refractivity contribution < 1.29 is 24.5 Å². The summed E-state index contributed by atoms with van der Waals surface area (Å²) in [5.41, 5.74) is 4.91. The van der Waals surface area contributed by atoms with Gasteiger partial charge in [0.25, 0.3) is 5.71 Å². The number of carboxylic acid groups (broad SMARTS) is 1. The lowest BCUT2D eigenvalue weighted by atomic mass is 10.1. The van der Waals surface area contributed by atoms with Crippen molar-refractivity contribution in [2.45, 2.75) is 0 Å². The summed E-state index contributed by atoms with van der Waals surface area (Å²) in [4.78, 5) is 21.3. The van der Waals surface area contributed by atoms with Gasteiger partial charge in [-0.25, -0.2) is 9.80 Å². The fourth-order valence-corrected chi connectivity index (χ4v) is 1.20. The smallest absolute Gasteiger partial charge is 0.322 e. The van der Waals surface area contributed by atoms with Gasteiger partial charge in [0.1, 0.15) is 12.4 Å². The molecular formula is C10H11FN3O3+. The standard InChI is InChI=1S/C10H10FN3O3/c11-5-1-2-7(14-4-8(15)16)6(3-5)9(12)10(13)17/h1-3,12,14H,4H2,(H2,13,17)(H,15,16)/p+1. The van der Waals surface area contributed by atoms with Crippen LogP contribution in [0, 0.1) is 5.82 Å². The third-order valence-corrected chi connectivity index (χ3v) is 1.97. The summed E-state index contributed by atoms with van der Waals surface area (Å²) < 4.78 is 13.0. The molecule has 0 atom stereocenters. The van der Waals surface area contributed by atoms with Crippen LogP contribution in [0.5, 0.6) is 0 Å². The maximum atomic E-state index is 13.0. The Labute approximate surface area is 95.7 Å². The van der Waals surface area contributed by atoms with E-state index in [0.717, 1.165) is 12.1 Å². The van der Waals surface area contributed by atoms with Crippen LogP contribution < -0.4 is 16.5 Å². The first-order chi connectivity index (χ1) is 7.91. The number of benzene rings is 1. The largest absolute Gasteiger partial charge is 0.480 e. The van der Waals surface area contributed by atoms with E-state index in [9.17, 15) is 14.0 Å². The van der Waals surface area contributed by atoms with Crippen molar-refractivity contribution in [3.05, 3.63) is 29.6 Å². The van der Waals surface area contributed by atoms with E-state index in [0.29, 0.717) is 0 Å². The second-order valence-electron chi connectivity index (χ2n) is 3.22. The minimum absolute atomic E-state index is 0.0405. The van der Waals surface area contributed by atoms with Gasteiger partial charge in [0, 0.05) is 5.69 Å². The quantitative estimate of drug-likeness (QED) is 0.461. The molecule has 0 bridgehead atoms. The molecule has 1 rings (SSSR count). The van der Waals surface area contributed by atoms with Crippen LogP contribution in [0.2, 0.25) is 0 Å². The van der Waals surface area contributed by atoms with Crippen molar-refractivity contribution in [3.63, 3.8) is 0 Å². The van der Waals surface area contributed by atoms with Gasteiger partial charge in [0.05, 0.1) is 5.56 Å². The molecule has 0 aliphatic heterocycles. The van der Waals surface area contributed by atoms with E-state index in [1.807, 2.05) is 0 Å². The van der Waals surface area contributed by atoms with Crippen LogP contribution >= 0.6 is 0 Å². The van der Waals surface area contributed by atoms with Gasteiger partial charge in [-0.2, -0.15) is 0 Å². The molecule has 0 unspecified atom stereocenters. The van der Waals surface area contributed by atoms with Crippen LogP contribution in [0.1, 0.15) is 5.56 Å². The second kappa shape index (κ2) is 5.06. The Bertz CT molecular complexity index is 488. The molecule has 0 saturated heterocycles. The molecule has 0 radical (unpaired) electrons. The Morgan fingerprint density at radius 1 is 1.47 bits per heavy atom. The van der Waals surface area contributed by atoms with E-state index in [4.69, 9.17) is 16.2 Å². The van der Waals surface area contributed by atoms with E-state index in [-0.39, 0.29) is 23.5 Å². The van der Waals surface area contributed by atoms with Gasteiger partial charge in [-0.3, -0.25) is 9.59 Å². The number of carboxylic acids is 1. The Morgan fingerprint density at radius 3 is 2.65 bits per heavy atom. The molecule has 17 heavy (non-hydrogen) atoms. The van der Waals surface area contributed by atoms with E-state index in [2.05, 4.69) is 5.32 Å². The molecule has 0 aromatic heterocycles. The van der Waals surface area contributed by atoms with Crippen molar-refractivity contribution >= 4 is 23.3 Å². The average molecular weight is 240 g/mol. The van der Waals surface area contributed by atoms with Crippen LogP contribution in [-0.2, 0) is 9.59 Å². The highest BCUT2D eigenvalue weighted by atomic mass is 19.1. The van der Waals surface area contributed by atoms with Crippen molar-refractivity contribution in [1.29, 1.82) is 0 Å². The molecule has 1 aromatic rings. The predicted octanol–water partition coefficient (Wildman–Crippen LogP) is -1.64. The van der Waals surface area contributed by atoms with Gasteiger partial charge in [0.2, 0.25) is 0 Å². The Kier molecular flexibility index (Phi) is 3.76.